The minimum Gasteiger partial charge on any atom is -0.309 e. The number of rotatable bonds is 3. The van der Waals surface area contributed by atoms with Crippen LogP contribution in [-0.4, -0.2) is 0 Å². The van der Waals surface area contributed by atoms with Gasteiger partial charge in [0.15, 0.2) is 7.14 Å². The summed E-state index contributed by atoms with van der Waals surface area (Å²) in [6.07, 6.45) is 0. The summed E-state index contributed by atoms with van der Waals surface area (Å²) in [6.45, 7) is 0. The average molecular weight is 529 g/mol. The Labute approximate surface area is 232 Å². The fourth-order valence-corrected chi connectivity index (χ4v) is 9.86. The summed E-state index contributed by atoms with van der Waals surface area (Å²) in [7, 11) is -3.40. The second-order valence-electron chi connectivity index (χ2n) is 10.4. The summed E-state index contributed by atoms with van der Waals surface area (Å²) in [6, 6.07) is 52.6. The summed E-state index contributed by atoms with van der Waals surface area (Å²) in [5, 5.41) is 13.8. The van der Waals surface area contributed by atoms with Crippen LogP contribution >= 0.6 is 7.14 Å². The van der Waals surface area contributed by atoms with Crippen LogP contribution in [0.5, 0.6) is 0 Å². The van der Waals surface area contributed by atoms with E-state index in [1.54, 1.807) is 0 Å². The Morgan fingerprint density at radius 1 is 0.300 bits per heavy atom. The van der Waals surface area contributed by atoms with Crippen molar-refractivity contribution in [1.82, 2.24) is 0 Å². The zero-order chi connectivity index (χ0) is 26.7. The molecule has 188 valence electrons. The molecule has 0 aromatic heterocycles. The van der Waals surface area contributed by atoms with Gasteiger partial charge in [0.1, 0.15) is 0 Å². The van der Waals surface area contributed by atoms with Crippen molar-refractivity contribution in [2.24, 2.45) is 0 Å². The smallest absolute Gasteiger partial charge is 0.172 e. The molecule has 40 heavy (non-hydrogen) atoms. The normalized spacial score (nSPS) is 12.1. The molecule has 0 bridgehead atoms. The first-order chi connectivity index (χ1) is 19.7. The van der Waals surface area contributed by atoms with E-state index in [9.17, 15) is 0 Å². The fourth-order valence-electron chi connectivity index (χ4n) is 6.55. The predicted octanol–water partition coefficient (Wildman–Crippen LogP) is 9.09. The van der Waals surface area contributed by atoms with Crippen LogP contribution in [0.3, 0.4) is 0 Å². The van der Waals surface area contributed by atoms with Crippen LogP contribution in [0.2, 0.25) is 0 Å². The topological polar surface area (TPSA) is 17.1 Å². The number of fused-ring (bicyclic) bond motifs is 8. The van der Waals surface area contributed by atoms with E-state index in [1.807, 2.05) is 36.4 Å². The molecule has 0 spiro atoms. The molecule has 0 unspecified atom stereocenters. The lowest BCUT2D eigenvalue weighted by Gasteiger charge is -2.25. The SMILES string of the molecule is O=P(c1cccc2ccccc12)(c1cccc2ccccc12)c1cccc2c3ccccc3c3ccccc3c12. The third-order valence-electron chi connectivity index (χ3n) is 8.30. The lowest BCUT2D eigenvalue weighted by Crippen LogP contribution is -2.27. The molecular weight excluding hydrogens is 503 g/mol. The van der Waals surface area contributed by atoms with Crippen molar-refractivity contribution >= 4 is 76.9 Å². The second kappa shape index (κ2) is 8.91. The number of hydrogen-bond acceptors (Lipinski definition) is 1. The molecule has 0 fully saturated rings. The molecule has 0 radical (unpaired) electrons. The maximum Gasteiger partial charge on any atom is 0.172 e. The molecule has 0 aliphatic carbocycles. The first-order valence-corrected chi connectivity index (χ1v) is 15.4. The third kappa shape index (κ3) is 3.25. The minimum absolute atomic E-state index is 0.881. The Morgan fingerprint density at radius 2 is 0.625 bits per heavy atom. The molecule has 8 aromatic rings. The quantitative estimate of drug-likeness (QED) is 0.165. The molecule has 0 N–H and O–H groups in total. The molecule has 0 heterocycles. The molecule has 0 aliphatic heterocycles. The van der Waals surface area contributed by atoms with Gasteiger partial charge in [-0.15, -0.1) is 0 Å². The summed E-state index contributed by atoms with van der Waals surface area (Å²) in [5.41, 5.74) is 0. The highest BCUT2D eigenvalue weighted by Crippen LogP contribution is 2.49. The Balaban J connectivity index is 1.63. The van der Waals surface area contributed by atoms with E-state index in [4.69, 9.17) is 0 Å². The van der Waals surface area contributed by atoms with Gasteiger partial charge in [-0.25, -0.2) is 0 Å². The largest absolute Gasteiger partial charge is 0.309 e. The molecule has 2 heteroatoms. The van der Waals surface area contributed by atoms with Gasteiger partial charge >= 0.3 is 0 Å². The molecule has 8 rings (SSSR count). The summed E-state index contributed by atoms with van der Waals surface area (Å²) in [4.78, 5) is 0. The van der Waals surface area contributed by atoms with Gasteiger partial charge in [-0.1, -0.05) is 152 Å². The summed E-state index contributed by atoms with van der Waals surface area (Å²) < 4.78 is 16.4. The molecule has 0 amide bonds. The van der Waals surface area contributed by atoms with Crippen molar-refractivity contribution in [3.63, 3.8) is 0 Å². The van der Waals surface area contributed by atoms with E-state index in [2.05, 4.69) is 115 Å². The maximum atomic E-state index is 16.4. The zero-order valence-electron chi connectivity index (χ0n) is 21.8. The van der Waals surface area contributed by atoms with Gasteiger partial charge < -0.3 is 4.57 Å². The van der Waals surface area contributed by atoms with E-state index in [-0.39, 0.29) is 0 Å². The fraction of sp³-hybridized carbons (Fsp3) is 0. The highest BCUT2D eigenvalue weighted by molar-refractivity contribution is 7.86. The molecular formula is C38H25OP. The lowest BCUT2D eigenvalue weighted by atomic mass is 9.94. The maximum absolute atomic E-state index is 16.4. The van der Waals surface area contributed by atoms with Gasteiger partial charge in [-0.05, 0) is 48.5 Å². The van der Waals surface area contributed by atoms with Crippen LogP contribution in [0.4, 0.5) is 0 Å². The van der Waals surface area contributed by atoms with Gasteiger partial charge in [-0.2, -0.15) is 0 Å². The van der Waals surface area contributed by atoms with Crippen LogP contribution in [0, 0.1) is 0 Å². The number of benzene rings is 8. The van der Waals surface area contributed by atoms with Crippen molar-refractivity contribution in [2.45, 2.75) is 0 Å². The predicted molar refractivity (Wildman–Crippen MR) is 173 cm³/mol. The van der Waals surface area contributed by atoms with Crippen LogP contribution in [-0.2, 0) is 4.57 Å². The van der Waals surface area contributed by atoms with Crippen molar-refractivity contribution in [2.75, 3.05) is 0 Å². The van der Waals surface area contributed by atoms with Crippen molar-refractivity contribution in [3.05, 3.63) is 152 Å². The van der Waals surface area contributed by atoms with E-state index in [0.29, 0.717) is 0 Å². The van der Waals surface area contributed by atoms with Crippen molar-refractivity contribution < 1.29 is 4.57 Å². The van der Waals surface area contributed by atoms with Gasteiger partial charge in [-0.3, -0.25) is 0 Å². The Kier molecular flexibility index (Phi) is 5.17. The first kappa shape index (κ1) is 23.2. The van der Waals surface area contributed by atoms with Gasteiger partial charge in [0, 0.05) is 21.3 Å². The van der Waals surface area contributed by atoms with Gasteiger partial charge in [0.05, 0.1) is 0 Å². The van der Waals surface area contributed by atoms with Crippen molar-refractivity contribution in [3.8, 4) is 0 Å². The second-order valence-corrected chi connectivity index (χ2v) is 13.1. The molecule has 8 aromatic carbocycles. The average Bonchev–Trinajstić information content (AvgIpc) is 3.03. The van der Waals surface area contributed by atoms with Crippen molar-refractivity contribution in [1.29, 1.82) is 0 Å². The first-order valence-electron chi connectivity index (χ1n) is 13.6. The van der Waals surface area contributed by atoms with Crippen LogP contribution in [0.15, 0.2) is 152 Å². The molecule has 0 saturated heterocycles. The van der Waals surface area contributed by atoms with E-state index in [0.717, 1.165) is 53.6 Å². The van der Waals surface area contributed by atoms with Crippen LogP contribution in [0.1, 0.15) is 0 Å². The third-order valence-corrected chi connectivity index (χ3v) is 11.5. The zero-order valence-corrected chi connectivity index (χ0v) is 22.7. The molecule has 0 atom stereocenters. The Bertz CT molecular complexity index is 2180. The van der Waals surface area contributed by atoms with Crippen LogP contribution < -0.4 is 15.9 Å². The standard InChI is InChI=1S/C38H25OP/c39-40(35-23-9-14-26-12-1-3-16-28(26)35,36-24-10-15-27-13-2-4-17-29(27)36)37-25-11-22-34-32-19-6-5-18-30(32)31-20-7-8-21-33(31)38(34)37/h1-25H. The minimum atomic E-state index is -3.40. The van der Waals surface area contributed by atoms with E-state index < -0.39 is 7.14 Å². The number of hydrogen-bond donors (Lipinski definition) is 0. The lowest BCUT2D eigenvalue weighted by molar-refractivity contribution is 0.593. The summed E-state index contributed by atoms with van der Waals surface area (Å²) >= 11 is 0. The van der Waals surface area contributed by atoms with E-state index in [1.165, 1.54) is 16.2 Å². The Morgan fingerprint density at radius 3 is 1.15 bits per heavy atom. The van der Waals surface area contributed by atoms with Gasteiger partial charge in [0.25, 0.3) is 0 Å². The summed E-state index contributed by atoms with van der Waals surface area (Å²) in [5.74, 6) is 0. The highest BCUT2D eigenvalue weighted by Gasteiger charge is 2.35. The highest BCUT2D eigenvalue weighted by atomic mass is 31.2. The van der Waals surface area contributed by atoms with Crippen LogP contribution in [0.25, 0.3) is 53.9 Å². The molecule has 0 saturated carbocycles. The molecule has 0 aliphatic rings. The van der Waals surface area contributed by atoms with E-state index >= 15 is 4.57 Å². The van der Waals surface area contributed by atoms with Gasteiger partial charge in [0.2, 0.25) is 0 Å². The monoisotopic (exact) mass is 528 g/mol. The molecule has 1 nitrogen and oxygen atoms in total. The Hall–Kier alpha value is -4.71.